The molecule has 1 aromatic rings. The number of nitrogens with one attached hydrogen (secondary N) is 1. The van der Waals surface area contributed by atoms with Crippen molar-refractivity contribution in [3.05, 3.63) is 27.4 Å². The van der Waals surface area contributed by atoms with Crippen molar-refractivity contribution in [1.82, 2.24) is 14.9 Å². The average Bonchev–Trinajstić information content (AvgIpc) is 3.13. The minimum absolute atomic E-state index is 0.0921. The molecule has 0 bridgehead atoms. The number of hydrogen-bond acceptors (Lipinski definition) is 3. The van der Waals surface area contributed by atoms with Gasteiger partial charge in [-0.05, 0) is 31.6 Å². The molecule has 1 aliphatic heterocycles. The molecule has 0 amide bonds. The van der Waals surface area contributed by atoms with Crippen LogP contribution in [0.5, 0.6) is 0 Å². The maximum atomic E-state index is 12.0. The molecule has 0 saturated heterocycles. The average molecular weight is 247 g/mol. The number of H-pyrrole nitrogens is 1. The molecule has 1 fully saturated rings. The Morgan fingerprint density at radius 1 is 1.44 bits per heavy atom. The summed E-state index contributed by atoms with van der Waals surface area (Å²) in [7, 11) is 0. The summed E-state index contributed by atoms with van der Waals surface area (Å²) >= 11 is 0. The topological polar surface area (TPSA) is 49.0 Å². The summed E-state index contributed by atoms with van der Waals surface area (Å²) in [5.41, 5.74) is 2.03. The number of aromatic nitrogens is 2. The van der Waals surface area contributed by atoms with Gasteiger partial charge in [-0.1, -0.05) is 6.92 Å². The fourth-order valence-corrected chi connectivity index (χ4v) is 2.72. The maximum Gasteiger partial charge on any atom is 0.254 e. The van der Waals surface area contributed by atoms with E-state index in [9.17, 15) is 4.79 Å². The first-order valence-corrected chi connectivity index (χ1v) is 7.09. The first-order valence-electron chi connectivity index (χ1n) is 7.09. The van der Waals surface area contributed by atoms with Crippen LogP contribution in [0.2, 0.25) is 0 Å². The highest BCUT2D eigenvalue weighted by atomic mass is 16.1. The Kier molecular flexibility index (Phi) is 3.20. The lowest BCUT2D eigenvalue weighted by Crippen LogP contribution is -2.36. The second-order valence-corrected chi connectivity index (χ2v) is 5.62. The molecule has 0 aromatic carbocycles. The van der Waals surface area contributed by atoms with E-state index in [0.717, 1.165) is 55.4 Å². The molecule has 0 spiro atoms. The van der Waals surface area contributed by atoms with Crippen LogP contribution in [0.25, 0.3) is 0 Å². The second-order valence-electron chi connectivity index (χ2n) is 5.62. The molecule has 98 valence electrons. The van der Waals surface area contributed by atoms with Crippen LogP contribution in [0.15, 0.2) is 4.79 Å². The van der Waals surface area contributed by atoms with Gasteiger partial charge in [-0.25, -0.2) is 4.98 Å². The summed E-state index contributed by atoms with van der Waals surface area (Å²) in [5.74, 6) is 1.76. The molecule has 0 unspecified atom stereocenters. The van der Waals surface area contributed by atoms with E-state index >= 15 is 0 Å². The lowest BCUT2D eigenvalue weighted by atomic mass is 10.1. The molecule has 0 atom stereocenters. The predicted molar refractivity (Wildman–Crippen MR) is 70.6 cm³/mol. The molecule has 18 heavy (non-hydrogen) atoms. The molecule has 2 heterocycles. The van der Waals surface area contributed by atoms with Gasteiger partial charge in [0.25, 0.3) is 5.56 Å². The lowest BCUT2D eigenvalue weighted by molar-refractivity contribution is 0.238. The van der Waals surface area contributed by atoms with Crippen molar-refractivity contribution in [2.75, 3.05) is 13.1 Å². The summed E-state index contributed by atoms with van der Waals surface area (Å²) in [6.45, 7) is 5.18. The van der Waals surface area contributed by atoms with Crippen LogP contribution in [0, 0.1) is 5.92 Å². The van der Waals surface area contributed by atoms with Gasteiger partial charge in [0.15, 0.2) is 0 Å². The first-order chi connectivity index (χ1) is 8.76. The monoisotopic (exact) mass is 247 g/mol. The number of nitrogens with zero attached hydrogens (tertiary/aromatic N) is 2. The van der Waals surface area contributed by atoms with E-state index in [1.807, 2.05) is 0 Å². The van der Waals surface area contributed by atoms with Crippen molar-refractivity contribution in [3.63, 3.8) is 0 Å². The van der Waals surface area contributed by atoms with Gasteiger partial charge in [0.1, 0.15) is 5.82 Å². The van der Waals surface area contributed by atoms with Crippen molar-refractivity contribution in [2.24, 2.45) is 5.92 Å². The van der Waals surface area contributed by atoms with Crippen LogP contribution in [0.3, 0.4) is 0 Å². The lowest BCUT2D eigenvalue weighted by Gasteiger charge is -2.27. The first kappa shape index (κ1) is 11.9. The molecule has 0 radical (unpaired) electrons. The van der Waals surface area contributed by atoms with Crippen LogP contribution in [-0.2, 0) is 19.4 Å². The number of fused-ring (bicyclic) bond motifs is 1. The summed E-state index contributed by atoms with van der Waals surface area (Å²) in [6, 6.07) is 0. The molecular formula is C14H21N3O. The maximum absolute atomic E-state index is 12.0. The standard InChI is InChI=1S/C14H21N3O/c1-2-3-13-15-12-9-17(8-10-4-5-10)7-6-11(12)14(18)16-13/h10H,2-9H2,1H3,(H,15,16,18). The molecular weight excluding hydrogens is 226 g/mol. The van der Waals surface area contributed by atoms with Crippen molar-refractivity contribution in [3.8, 4) is 0 Å². The Bertz CT molecular complexity index is 490. The molecule has 1 saturated carbocycles. The minimum Gasteiger partial charge on any atom is -0.310 e. The summed E-state index contributed by atoms with van der Waals surface area (Å²) in [5, 5.41) is 0. The highest BCUT2D eigenvalue weighted by Gasteiger charge is 2.27. The van der Waals surface area contributed by atoms with Gasteiger partial charge in [-0.2, -0.15) is 0 Å². The SMILES string of the molecule is CCCc1nc2c(c(=O)[nH]1)CCN(CC1CC1)C2. The zero-order valence-electron chi connectivity index (χ0n) is 11.0. The highest BCUT2D eigenvalue weighted by molar-refractivity contribution is 5.21. The van der Waals surface area contributed by atoms with Gasteiger partial charge in [-0.15, -0.1) is 0 Å². The molecule has 1 N–H and O–H groups in total. The minimum atomic E-state index is 0.0921. The molecule has 1 aliphatic carbocycles. The zero-order valence-corrected chi connectivity index (χ0v) is 11.0. The number of hydrogen-bond donors (Lipinski definition) is 1. The van der Waals surface area contributed by atoms with Gasteiger partial charge < -0.3 is 4.98 Å². The smallest absolute Gasteiger partial charge is 0.254 e. The Morgan fingerprint density at radius 3 is 3.00 bits per heavy atom. The molecule has 4 heteroatoms. The Hall–Kier alpha value is -1.16. The summed E-state index contributed by atoms with van der Waals surface area (Å²) < 4.78 is 0. The zero-order chi connectivity index (χ0) is 12.5. The summed E-state index contributed by atoms with van der Waals surface area (Å²) in [4.78, 5) is 22.0. The number of aromatic amines is 1. The molecule has 3 rings (SSSR count). The van der Waals surface area contributed by atoms with Crippen molar-refractivity contribution < 1.29 is 0 Å². The second kappa shape index (κ2) is 4.84. The third kappa shape index (κ3) is 2.48. The van der Waals surface area contributed by atoms with E-state index in [0.29, 0.717) is 0 Å². The fourth-order valence-electron chi connectivity index (χ4n) is 2.72. The van der Waals surface area contributed by atoms with E-state index in [1.54, 1.807) is 0 Å². The number of rotatable bonds is 4. The van der Waals surface area contributed by atoms with E-state index in [2.05, 4.69) is 21.8 Å². The highest BCUT2D eigenvalue weighted by Crippen LogP contribution is 2.30. The third-order valence-corrected chi connectivity index (χ3v) is 3.90. The van der Waals surface area contributed by atoms with E-state index in [1.165, 1.54) is 19.4 Å². The van der Waals surface area contributed by atoms with Gasteiger partial charge in [0.2, 0.25) is 0 Å². The van der Waals surface area contributed by atoms with Crippen LogP contribution >= 0.6 is 0 Å². The molecule has 4 nitrogen and oxygen atoms in total. The van der Waals surface area contributed by atoms with Crippen molar-refractivity contribution in [2.45, 2.75) is 45.6 Å². The Morgan fingerprint density at radius 2 is 2.28 bits per heavy atom. The van der Waals surface area contributed by atoms with Crippen LogP contribution in [0.4, 0.5) is 0 Å². The van der Waals surface area contributed by atoms with Crippen molar-refractivity contribution >= 4 is 0 Å². The van der Waals surface area contributed by atoms with Gasteiger partial charge in [-0.3, -0.25) is 9.69 Å². The largest absolute Gasteiger partial charge is 0.310 e. The normalized spacial score (nSPS) is 19.8. The van der Waals surface area contributed by atoms with E-state index in [-0.39, 0.29) is 5.56 Å². The Balaban J connectivity index is 1.81. The summed E-state index contributed by atoms with van der Waals surface area (Å²) in [6.07, 6.45) is 5.51. The third-order valence-electron chi connectivity index (χ3n) is 3.90. The van der Waals surface area contributed by atoms with E-state index in [4.69, 9.17) is 0 Å². The predicted octanol–water partition coefficient (Wildman–Crippen LogP) is 1.49. The van der Waals surface area contributed by atoms with Crippen LogP contribution < -0.4 is 5.56 Å². The van der Waals surface area contributed by atoms with Crippen LogP contribution in [-0.4, -0.2) is 28.0 Å². The quantitative estimate of drug-likeness (QED) is 0.877. The fraction of sp³-hybridized carbons (Fsp3) is 0.714. The van der Waals surface area contributed by atoms with Gasteiger partial charge in [0, 0.05) is 31.6 Å². The van der Waals surface area contributed by atoms with Gasteiger partial charge in [0.05, 0.1) is 5.69 Å². The van der Waals surface area contributed by atoms with E-state index < -0.39 is 0 Å². The van der Waals surface area contributed by atoms with Crippen molar-refractivity contribution in [1.29, 1.82) is 0 Å². The Labute approximate surface area is 107 Å². The molecule has 1 aromatic heterocycles. The number of aryl methyl sites for hydroxylation is 1. The molecule has 2 aliphatic rings. The van der Waals surface area contributed by atoms with Crippen LogP contribution in [0.1, 0.15) is 43.3 Å². The van der Waals surface area contributed by atoms with Gasteiger partial charge >= 0.3 is 0 Å².